The van der Waals surface area contributed by atoms with E-state index in [2.05, 4.69) is 10.0 Å². The van der Waals surface area contributed by atoms with Crippen LogP contribution in [-0.4, -0.2) is 27.0 Å². The van der Waals surface area contributed by atoms with Crippen LogP contribution >= 0.6 is 0 Å². The lowest BCUT2D eigenvalue weighted by atomic mass is 9.98. The molecule has 1 atom stereocenters. The fourth-order valence-electron chi connectivity index (χ4n) is 3.27. The Morgan fingerprint density at radius 2 is 1.39 bits per heavy atom. The summed E-state index contributed by atoms with van der Waals surface area (Å²) in [6.07, 6.45) is 0. The highest BCUT2D eigenvalue weighted by Gasteiger charge is 2.23. The minimum absolute atomic E-state index is 0.0687. The van der Waals surface area contributed by atoms with E-state index >= 15 is 0 Å². The Bertz CT molecular complexity index is 1200. The zero-order valence-electron chi connectivity index (χ0n) is 18.9. The first-order valence-electron chi connectivity index (χ1n) is 10.3. The number of benzene rings is 3. The fraction of sp³-hybridized carbons (Fsp3) is 0.240. The molecule has 0 radical (unpaired) electrons. The van der Waals surface area contributed by atoms with Gasteiger partial charge >= 0.3 is 0 Å². The van der Waals surface area contributed by atoms with Crippen molar-refractivity contribution in [1.82, 2.24) is 10.0 Å². The van der Waals surface area contributed by atoms with Gasteiger partial charge in [-0.2, -0.15) is 0 Å². The van der Waals surface area contributed by atoms with Crippen molar-refractivity contribution in [2.45, 2.75) is 37.2 Å². The Morgan fingerprint density at radius 1 is 0.879 bits per heavy atom. The minimum atomic E-state index is -3.71. The van der Waals surface area contributed by atoms with Crippen molar-refractivity contribution in [3.63, 3.8) is 0 Å². The number of carbonyl (C=O) groups is 1. The number of carbonyl (C=O) groups excluding carboxylic acids is 1. The van der Waals surface area contributed by atoms with Crippen molar-refractivity contribution in [2.75, 3.05) is 7.11 Å². The van der Waals surface area contributed by atoms with E-state index in [1.807, 2.05) is 12.1 Å². The summed E-state index contributed by atoms with van der Waals surface area (Å²) in [7, 11) is -2.14. The van der Waals surface area contributed by atoms with E-state index in [-0.39, 0.29) is 10.7 Å². The van der Waals surface area contributed by atoms with Gasteiger partial charge in [-0.25, -0.2) is 17.5 Å². The highest BCUT2D eigenvalue weighted by molar-refractivity contribution is 7.89. The number of hydrogen-bond donors (Lipinski definition) is 2. The smallest absolute Gasteiger partial charge is 0.252 e. The molecule has 0 saturated carbocycles. The van der Waals surface area contributed by atoms with Gasteiger partial charge in [0, 0.05) is 11.1 Å². The fourth-order valence-corrected chi connectivity index (χ4v) is 4.69. The molecule has 1 amide bonds. The molecular formula is C25H27FN2O4S. The molecule has 0 aromatic heterocycles. The molecule has 6 nitrogen and oxygen atoms in total. The highest BCUT2D eigenvalue weighted by atomic mass is 32.2. The van der Waals surface area contributed by atoms with Crippen LogP contribution in [0.1, 0.15) is 48.3 Å². The van der Waals surface area contributed by atoms with Gasteiger partial charge in [0.2, 0.25) is 10.0 Å². The van der Waals surface area contributed by atoms with Crippen molar-refractivity contribution in [3.05, 3.63) is 95.3 Å². The summed E-state index contributed by atoms with van der Waals surface area (Å²) < 4.78 is 46.2. The lowest BCUT2D eigenvalue weighted by molar-refractivity contribution is 0.0943. The lowest BCUT2D eigenvalue weighted by Gasteiger charge is -2.21. The maximum atomic E-state index is 13.5. The van der Waals surface area contributed by atoms with E-state index in [1.54, 1.807) is 52.1 Å². The molecular weight excluding hydrogens is 443 g/mol. The van der Waals surface area contributed by atoms with E-state index in [9.17, 15) is 17.6 Å². The van der Waals surface area contributed by atoms with Crippen LogP contribution in [0.25, 0.3) is 0 Å². The van der Waals surface area contributed by atoms with Crippen molar-refractivity contribution >= 4 is 15.9 Å². The molecule has 0 aliphatic heterocycles. The molecule has 3 aromatic rings. The van der Waals surface area contributed by atoms with Gasteiger partial charge in [-0.3, -0.25) is 4.79 Å². The number of rotatable bonds is 7. The van der Waals surface area contributed by atoms with E-state index in [4.69, 9.17) is 4.74 Å². The lowest BCUT2D eigenvalue weighted by Crippen LogP contribution is -2.40. The summed E-state index contributed by atoms with van der Waals surface area (Å²) in [6.45, 7) is 5.25. The predicted octanol–water partition coefficient (Wildman–Crippen LogP) is 4.43. The Balaban J connectivity index is 1.86. The van der Waals surface area contributed by atoms with Crippen LogP contribution in [0.4, 0.5) is 4.39 Å². The number of amides is 1. The molecule has 0 aliphatic rings. The predicted molar refractivity (Wildman–Crippen MR) is 125 cm³/mol. The Morgan fingerprint density at radius 3 is 1.88 bits per heavy atom. The third-order valence-electron chi connectivity index (χ3n) is 4.80. The highest BCUT2D eigenvalue weighted by Crippen LogP contribution is 2.25. The molecule has 1 unspecified atom stereocenters. The van der Waals surface area contributed by atoms with E-state index in [0.717, 1.165) is 5.56 Å². The number of sulfonamides is 1. The number of halogens is 1. The molecule has 3 aromatic carbocycles. The Kier molecular flexibility index (Phi) is 7.19. The van der Waals surface area contributed by atoms with E-state index in [1.165, 1.54) is 36.4 Å². The van der Waals surface area contributed by atoms with Crippen molar-refractivity contribution in [2.24, 2.45) is 0 Å². The summed E-state index contributed by atoms with van der Waals surface area (Å²) in [5, 5.41) is 2.95. The van der Waals surface area contributed by atoms with Crippen molar-refractivity contribution in [3.8, 4) is 5.75 Å². The SMILES string of the molecule is COc1ccc(C(NC(=O)c2ccc(S(=O)(=O)NC(C)(C)C)cc2)c2ccc(F)cc2)cc1. The second-order valence-corrected chi connectivity index (χ2v) is 10.3. The largest absolute Gasteiger partial charge is 0.497 e. The zero-order valence-corrected chi connectivity index (χ0v) is 19.7. The number of hydrogen-bond acceptors (Lipinski definition) is 4. The normalized spacial score (nSPS) is 12.8. The van der Waals surface area contributed by atoms with Gasteiger partial charge in [-0.1, -0.05) is 24.3 Å². The van der Waals surface area contributed by atoms with Gasteiger partial charge in [-0.05, 0) is 80.4 Å². The van der Waals surface area contributed by atoms with Crippen LogP contribution in [0, 0.1) is 5.82 Å². The number of methoxy groups -OCH3 is 1. The van der Waals surface area contributed by atoms with Crippen LogP contribution in [-0.2, 0) is 10.0 Å². The summed E-state index contributed by atoms with van der Waals surface area (Å²) in [5.41, 5.74) is 1.15. The van der Waals surface area contributed by atoms with Gasteiger partial charge < -0.3 is 10.1 Å². The maximum absolute atomic E-state index is 13.5. The third-order valence-corrected chi connectivity index (χ3v) is 6.57. The van der Waals surface area contributed by atoms with E-state index < -0.39 is 27.5 Å². The second kappa shape index (κ2) is 9.72. The van der Waals surface area contributed by atoms with E-state index in [0.29, 0.717) is 16.9 Å². The van der Waals surface area contributed by atoms with Crippen LogP contribution in [0.15, 0.2) is 77.7 Å². The van der Waals surface area contributed by atoms with Gasteiger partial charge in [-0.15, -0.1) is 0 Å². The molecule has 0 fully saturated rings. The van der Waals surface area contributed by atoms with Gasteiger partial charge in [0.1, 0.15) is 11.6 Å². The molecule has 0 saturated heterocycles. The first-order chi connectivity index (χ1) is 15.5. The first-order valence-corrected chi connectivity index (χ1v) is 11.8. The molecule has 0 spiro atoms. The average Bonchev–Trinajstić information content (AvgIpc) is 2.77. The topological polar surface area (TPSA) is 84.5 Å². The minimum Gasteiger partial charge on any atom is -0.497 e. The average molecular weight is 471 g/mol. The maximum Gasteiger partial charge on any atom is 0.252 e. The van der Waals surface area contributed by atoms with Crippen molar-refractivity contribution < 1.29 is 22.3 Å². The van der Waals surface area contributed by atoms with Crippen LogP contribution in [0.3, 0.4) is 0 Å². The molecule has 8 heteroatoms. The summed E-state index contributed by atoms with van der Waals surface area (Å²) in [5.74, 6) is -0.101. The summed E-state index contributed by atoms with van der Waals surface area (Å²) in [4.78, 5) is 13.1. The summed E-state index contributed by atoms with van der Waals surface area (Å²) >= 11 is 0. The molecule has 0 heterocycles. The Labute approximate surface area is 193 Å². The van der Waals surface area contributed by atoms with Gasteiger partial charge in [0.25, 0.3) is 5.91 Å². The molecule has 3 rings (SSSR count). The van der Waals surface area contributed by atoms with Gasteiger partial charge in [0.15, 0.2) is 0 Å². The molecule has 174 valence electrons. The molecule has 2 N–H and O–H groups in total. The van der Waals surface area contributed by atoms with Crippen LogP contribution < -0.4 is 14.8 Å². The second-order valence-electron chi connectivity index (χ2n) is 8.61. The zero-order chi connectivity index (χ0) is 24.2. The molecule has 33 heavy (non-hydrogen) atoms. The first kappa shape index (κ1) is 24.4. The van der Waals surface area contributed by atoms with Crippen molar-refractivity contribution in [1.29, 1.82) is 0 Å². The quantitative estimate of drug-likeness (QED) is 0.535. The third kappa shape index (κ3) is 6.40. The summed E-state index contributed by atoms with van der Waals surface area (Å²) in [6, 6.07) is 18.2. The standard InChI is InChI=1S/C25H27FN2O4S/c1-25(2,3)28-33(30,31)22-15-9-19(10-16-22)24(29)27-23(17-5-11-20(26)12-6-17)18-7-13-21(32-4)14-8-18/h5-16,23,28H,1-4H3,(H,27,29). The van der Waals surface area contributed by atoms with Crippen LogP contribution in [0.5, 0.6) is 5.75 Å². The number of nitrogens with one attached hydrogen (secondary N) is 2. The molecule has 0 aliphatic carbocycles. The Hall–Kier alpha value is -3.23. The van der Waals surface area contributed by atoms with Crippen LogP contribution in [0.2, 0.25) is 0 Å². The number of ether oxygens (including phenoxy) is 1. The van der Waals surface area contributed by atoms with Gasteiger partial charge in [0.05, 0.1) is 18.0 Å². The monoisotopic (exact) mass is 470 g/mol. The molecule has 0 bridgehead atoms.